The van der Waals surface area contributed by atoms with Gasteiger partial charge in [0.1, 0.15) is 12.4 Å². The normalized spacial score (nSPS) is 18.2. The molecule has 1 saturated carbocycles. The van der Waals surface area contributed by atoms with Crippen molar-refractivity contribution in [3.05, 3.63) is 53.1 Å². The van der Waals surface area contributed by atoms with Crippen LogP contribution in [0.4, 0.5) is 5.69 Å². The van der Waals surface area contributed by atoms with Crippen LogP contribution in [-0.4, -0.2) is 31.8 Å². The highest BCUT2D eigenvalue weighted by Gasteiger charge is 2.51. The number of ether oxygens (including phenoxy) is 1. The Kier molecular flexibility index (Phi) is 7.72. The van der Waals surface area contributed by atoms with Gasteiger partial charge in [-0.1, -0.05) is 24.3 Å². The molecule has 1 aliphatic carbocycles. The van der Waals surface area contributed by atoms with Crippen molar-refractivity contribution in [3.8, 4) is 5.75 Å². The van der Waals surface area contributed by atoms with Crippen LogP contribution < -0.4 is 26.8 Å². The molecule has 178 valence electrons. The van der Waals surface area contributed by atoms with Gasteiger partial charge in [0.25, 0.3) is 0 Å². The Hall–Kier alpha value is -2.55. The van der Waals surface area contributed by atoms with E-state index in [2.05, 4.69) is 76.1 Å². The molecule has 0 aromatic heterocycles. The number of hydrazine groups is 1. The van der Waals surface area contributed by atoms with Crippen LogP contribution in [0.1, 0.15) is 63.1 Å². The van der Waals surface area contributed by atoms with Crippen LogP contribution in [0.15, 0.2) is 36.4 Å². The summed E-state index contributed by atoms with van der Waals surface area (Å²) < 4.78 is 18.6. The Morgan fingerprint density at radius 1 is 1.15 bits per heavy atom. The van der Waals surface area contributed by atoms with Gasteiger partial charge in [-0.25, -0.2) is 5.84 Å². The van der Waals surface area contributed by atoms with E-state index in [4.69, 9.17) is 18.8 Å². The van der Waals surface area contributed by atoms with Gasteiger partial charge < -0.3 is 19.4 Å². The molecule has 1 amide bonds. The number of carbonyl (C=O) groups is 1. The van der Waals surface area contributed by atoms with Gasteiger partial charge in [-0.15, -0.1) is 0 Å². The van der Waals surface area contributed by atoms with Gasteiger partial charge in [0, 0.05) is 18.3 Å². The Morgan fingerprint density at radius 2 is 1.79 bits per heavy atom. The molecule has 7 nitrogen and oxygen atoms in total. The second kappa shape index (κ2) is 10.2. The van der Waals surface area contributed by atoms with Crippen molar-refractivity contribution in [3.63, 3.8) is 0 Å². The molecular formula is C25H36BN3O4. The van der Waals surface area contributed by atoms with Gasteiger partial charge in [-0.2, -0.15) is 0 Å². The predicted octanol–water partition coefficient (Wildman–Crippen LogP) is 3.40. The fourth-order valence-electron chi connectivity index (χ4n) is 3.89. The summed E-state index contributed by atoms with van der Waals surface area (Å²) in [6.07, 6.45) is 2.96. The highest BCUT2D eigenvalue weighted by atomic mass is 16.7. The van der Waals surface area contributed by atoms with Gasteiger partial charge in [-0.05, 0) is 82.1 Å². The van der Waals surface area contributed by atoms with E-state index in [1.54, 1.807) is 5.43 Å². The highest BCUT2D eigenvalue weighted by molar-refractivity contribution is 6.62. The number of nitrogens with two attached hydrogens (primary N) is 1. The van der Waals surface area contributed by atoms with Crippen LogP contribution in [0.5, 0.6) is 5.75 Å². The molecule has 2 fully saturated rings. The maximum absolute atomic E-state index is 8.94. The summed E-state index contributed by atoms with van der Waals surface area (Å²) in [4.78, 5) is 8.94. The molecule has 1 heterocycles. The monoisotopic (exact) mass is 453 g/mol. The molecule has 2 aromatic carbocycles. The van der Waals surface area contributed by atoms with E-state index < -0.39 is 0 Å². The summed E-state index contributed by atoms with van der Waals surface area (Å²) in [7, 11) is 1.62. The first-order chi connectivity index (χ1) is 15.6. The summed E-state index contributed by atoms with van der Waals surface area (Å²) in [6.45, 7) is 11.0. The predicted molar refractivity (Wildman–Crippen MR) is 133 cm³/mol. The zero-order valence-electron chi connectivity index (χ0n) is 20.5. The van der Waals surface area contributed by atoms with E-state index in [1.807, 2.05) is 13.1 Å². The quantitative estimate of drug-likeness (QED) is 0.196. The van der Waals surface area contributed by atoms with Crippen molar-refractivity contribution in [1.29, 1.82) is 0 Å². The standard InChI is InChI=1S/C24H32BNO3.CH4N2O/c1-16-14-18(25-28-23(2,3)24(4,5)29-25)12-13-22(16)27-15-20-19(17-10-11-17)8-7-9-21(20)26-6;2-3-1-4/h7-9,12-14,17,26H,10-11,15H2,1-6H3;1H,2H2,(H,3,4). The summed E-state index contributed by atoms with van der Waals surface area (Å²) in [5.74, 6) is 6.00. The molecule has 33 heavy (non-hydrogen) atoms. The van der Waals surface area contributed by atoms with Crippen LogP contribution in [-0.2, 0) is 20.7 Å². The number of anilines is 1. The third-order valence-electron chi connectivity index (χ3n) is 6.66. The third kappa shape index (κ3) is 5.69. The third-order valence-corrected chi connectivity index (χ3v) is 6.66. The van der Waals surface area contributed by atoms with Crippen molar-refractivity contribution >= 4 is 24.7 Å². The van der Waals surface area contributed by atoms with Crippen LogP contribution >= 0.6 is 0 Å². The van der Waals surface area contributed by atoms with E-state index in [0.29, 0.717) is 18.9 Å². The van der Waals surface area contributed by atoms with Crippen molar-refractivity contribution < 1.29 is 18.8 Å². The summed E-state index contributed by atoms with van der Waals surface area (Å²) in [5, 5.41) is 3.32. The number of amides is 1. The van der Waals surface area contributed by atoms with E-state index in [0.717, 1.165) is 22.5 Å². The van der Waals surface area contributed by atoms with Gasteiger partial charge in [0.2, 0.25) is 6.41 Å². The van der Waals surface area contributed by atoms with Gasteiger partial charge in [0.05, 0.1) is 11.2 Å². The maximum atomic E-state index is 8.94. The minimum atomic E-state index is -0.348. The second-order valence-electron chi connectivity index (χ2n) is 9.58. The lowest BCUT2D eigenvalue weighted by Gasteiger charge is -2.32. The van der Waals surface area contributed by atoms with Gasteiger partial charge >= 0.3 is 7.12 Å². The topological polar surface area (TPSA) is 94.8 Å². The van der Waals surface area contributed by atoms with Crippen LogP contribution in [0, 0.1) is 6.92 Å². The molecule has 8 heteroatoms. The molecule has 4 rings (SSSR count). The number of nitrogens with one attached hydrogen (secondary N) is 2. The lowest BCUT2D eigenvalue weighted by atomic mass is 9.78. The summed E-state index contributed by atoms with van der Waals surface area (Å²) in [5.41, 5.74) is 7.04. The number of rotatable bonds is 7. The zero-order valence-corrected chi connectivity index (χ0v) is 20.5. The van der Waals surface area contributed by atoms with Crippen molar-refractivity contribution in [1.82, 2.24) is 5.43 Å². The zero-order chi connectivity index (χ0) is 24.2. The van der Waals surface area contributed by atoms with Gasteiger partial charge in [-0.3, -0.25) is 10.2 Å². The Balaban J connectivity index is 0.000000709. The smallest absolute Gasteiger partial charge is 0.489 e. The van der Waals surface area contributed by atoms with Crippen molar-refractivity contribution in [2.24, 2.45) is 5.84 Å². The van der Waals surface area contributed by atoms with Crippen LogP contribution in [0.25, 0.3) is 0 Å². The molecule has 0 spiro atoms. The minimum Gasteiger partial charge on any atom is -0.489 e. The number of aryl methyl sites for hydroxylation is 1. The first-order valence-corrected chi connectivity index (χ1v) is 11.4. The largest absolute Gasteiger partial charge is 0.494 e. The lowest BCUT2D eigenvalue weighted by Crippen LogP contribution is -2.41. The summed E-state index contributed by atoms with van der Waals surface area (Å²) in [6, 6.07) is 12.7. The van der Waals surface area contributed by atoms with Crippen molar-refractivity contribution in [2.45, 2.75) is 71.2 Å². The molecule has 2 aromatic rings. The minimum absolute atomic E-state index is 0.336. The van der Waals surface area contributed by atoms with Gasteiger partial charge in [0.15, 0.2) is 0 Å². The first kappa shape index (κ1) is 25.1. The fourth-order valence-corrected chi connectivity index (χ4v) is 3.89. The molecule has 1 aliphatic heterocycles. The molecule has 0 bridgehead atoms. The molecule has 2 aliphatic rings. The Bertz CT molecular complexity index is 960. The number of benzene rings is 2. The maximum Gasteiger partial charge on any atom is 0.494 e. The molecule has 0 atom stereocenters. The SMILES string of the molecule is CNc1cccc(C2CC2)c1COc1ccc(B2OC(C)(C)C(C)(C)O2)cc1C.NNC=O. The molecule has 0 radical (unpaired) electrons. The molecule has 0 unspecified atom stereocenters. The Labute approximate surface area is 197 Å². The van der Waals surface area contributed by atoms with Crippen LogP contribution in [0.3, 0.4) is 0 Å². The van der Waals surface area contributed by atoms with E-state index in [1.165, 1.54) is 24.0 Å². The highest BCUT2D eigenvalue weighted by Crippen LogP contribution is 2.43. The number of carbonyl (C=O) groups excluding carboxylic acids is 1. The van der Waals surface area contributed by atoms with Crippen molar-refractivity contribution in [2.75, 3.05) is 12.4 Å². The number of hydrogen-bond donors (Lipinski definition) is 3. The fraction of sp³-hybridized carbons (Fsp3) is 0.480. The van der Waals surface area contributed by atoms with Crippen LogP contribution in [0.2, 0.25) is 0 Å². The second-order valence-corrected chi connectivity index (χ2v) is 9.58. The molecule has 4 N–H and O–H groups in total. The Morgan fingerprint density at radius 3 is 2.30 bits per heavy atom. The summed E-state index contributed by atoms with van der Waals surface area (Å²) >= 11 is 0. The first-order valence-electron chi connectivity index (χ1n) is 11.4. The average molecular weight is 453 g/mol. The van der Waals surface area contributed by atoms with E-state index >= 15 is 0 Å². The lowest BCUT2D eigenvalue weighted by molar-refractivity contribution is -0.109. The average Bonchev–Trinajstić information content (AvgIpc) is 3.59. The molecular weight excluding hydrogens is 417 g/mol. The number of hydrogen-bond acceptors (Lipinski definition) is 6. The van der Waals surface area contributed by atoms with E-state index in [-0.39, 0.29) is 18.3 Å². The van der Waals surface area contributed by atoms with E-state index in [9.17, 15) is 0 Å². The molecule has 1 saturated heterocycles.